The lowest BCUT2D eigenvalue weighted by Gasteiger charge is -2.10. The van der Waals surface area contributed by atoms with Crippen molar-refractivity contribution in [2.45, 2.75) is 13.5 Å². The molecule has 0 spiro atoms. The number of hydrogen-bond donors (Lipinski definition) is 3. The Morgan fingerprint density at radius 1 is 1.20 bits per heavy atom. The highest BCUT2D eigenvalue weighted by molar-refractivity contribution is 5.86. The number of ether oxygens (including phenoxy) is 1. The van der Waals surface area contributed by atoms with Gasteiger partial charge in [0.15, 0.2) is 0 Å². The van der Waals surface area contributed by atoms with Crippen molar-refractivity contribution in [2.24, 2.45) is 0 Å². The van der Waals surface area contributed by atoms with Gasteiger partial charge in [-0.05, 0) is 31.2 Å². The smallest absolute Gasteiger partial charge is 0.227 e. The number of aliphatic hydroxyl groups is 1. The lowest BCUT2D eigenvalue weighted by molar-refractivity contribution is 0.283. The van der Waals surface area contributed by atoms with E-state index in [2.05, 4.69) is 25.3 Å². The molecule has 0 unspecified atom stereocenters. The zero-order chi connectivity index (χ0) is 17.4. The Kier molecular flexibility index (Phi) is 3.70. The molecule has 126 valence electrons. The third-order valence-corrected chi connectivity index (χ3v) is 4.21. The average molecular weight is 335 g/mol. The maximum absolute atomic E-state index is 9.55. The standard InChI is InChI=1S/C18H17N5O2/c1-10-15(25-2)4-3-11-7-19-18(23-16(10)11)22-13-5-12(8-24)17-14(6-13)20-9-21-17/h3-7,9,24H,8H2,1-2H3,(H,20,21)(H,19,22,23). The van der Waals surface area contributed by atoms with Gasteiger partial charge in [-0.15, -0.1) is 0 Å². The average Bonchev–Trinajstić information content (AvgIpc) is 3.10. The molecule has 4 aromatic rings. The van der Waals surface area contributed by atoms with Crippen LogP contribution in [0.4, 0.5) is 11.6 Å². The maximum atomic E-state index is 9.55. The molecular formula is C18H17N5O2. The predicted molar refractivity (Wildman–Crippen MR) is 96.1 cm³/mol. The molecule has 0 aliphatic heterocycles. The Morgan fingerprint density at radius 2 is 2.08 bits per heavy atom. The van der Waals surface area contributed by atoms with Crippen molar-refractivity contribution in [2.75, 3.05) is 12.4 Å². The Labute approximate surface area is 143 Å². The lowest BCUT2D eigenvalue weighted by Crippen LogP contribution is -2.00. The molecule has 3 N–H and O–H groups in total. The molecule has 0 aliphatic rings. The molecule has 0 saturated carbocycles. The van der Waals surface area contributed by atoms with E-state index in [0.717, 1.165) is 44.5 Å². The van der Waals surface area contributed by atoms with Crippen LogP contribution in [0, 0.1) is 6.92 Å². The minimum absolute atomic E-state index is 0.0915. The van der Waals surface area contributed by atoms with Gasteiger partial charge in [-0.1, -0.05) is 0 Å². The molecule has 0 atom stereocenters. The van der Waals surface area contributed by atoms with Crippen molar-refractivity contribution in [3.8, 4) is 5.75 Å². The second-order valence-corrected chi connectivity index (χ2v) is 5.74. The fourth-order valence-corrected chi connectivity index (χ4v) is 2.95. The fourth-order valence-electron chi connectivity index (χ4n) is 2.95. The second-order valence-electron chi connectivity index (χ2n) is 5.74. The van der Waals surface area contributed by atoms with E-state index in [0.29, 0.717) is 5.95 Å². The van der Waals surface area contributed by atoms with Crippen LogP contribution in [-0.2, 0) is 6.61 Å². The number of imidazole rings is 1. The number of methoxy groups -OCH3 is 1. The molecule has 7 heteroatoms. The summed E-state index contributed by atoms with van der Waals surface area (Å²) in [5.41, 5.74) is 4.91. The summed E-state index contributed by atoms with van der Waals surface area (Å²) in [4.78, 5) is 16.3. The van der Waals surface area contributed by atoms with Crippen molar-refractivity contribution in [3.63, 3.8) is 0 Å². The van der Waals surface area contributed by atoms with Gasteiger partial charge in [-0.2, -0.15) is 0 Å². The topological polar surface area (TPSA) is 96.0 Å². The van der Waals surface area contributed by atoms with Crippen LogP contribution in [-0.4, -0.2) is 32.2 Å². The second kappa shape index (κ2) is 6.03. The van der Waals surface area contributed by atoms with Crippen LogP contribution in [0.15, 0.2) is 36.8 Å². The number of aliphatic hydroxyl groups excluding tert-OH is 1. The Morgan fingerprint density at radius 3 is 2.88 bits per heavy atom. The van der Waals surface area contributed by atoms with E-state index in [-0.39, 0.29) is 6.61 Å². The van der Waals surface area contributed by atoms with Gasteiger partial charge in [0.1, 0.15) is 5.75 Å². The van der Waals surface area contributed by atoms with E-state index in [1.165, 1.54) is 0 Å². The van der Waals surface area contributed by atoms with Crippen LogP contribution in [0.5, 0.6) is 5.75 Å². The fraction of sp³-hybridized carbons (Fsp3) is 0.167. The molecule has 0 fully saturated rings. The van der Waals surface area contributed by atoms with Crippen LogP contribution in [0.25, 0.3) is 21.9 Å². The van der Waals surface area contributed by atoms with Crippen LogP contribution in [0.2, 0.25) is 0 Å². The number of H-pyrrole nitrogens is 1. The Hall–Kier alpha value is -3.19. The summed E-state index contributed by atoms with van der Waals surface area (Å²) in [5, 5.41) is 13.7. The van der Waals surface area contributed by atoms with Crippen molar-refractivity contribution in [3.05, 3.63) is 47.9 Å². The molecule has 2 heterocycles. The number of aryl methyl sites for hydroxylation is 1. The summed E-state index contributed by atoms with van der Waals surface area (Å²) in [6.45, 7) is 1.88. The van der Waals surface area contributed by atoms with Crippen molar-refractivity contribution >= 4 is 33.6 Å². The Balaban J connectivity index is 1.76. The van der Waals surface area contributed by atoms with E-state index in [4.69, 9.17) is 4.74 Å². The van der Waals surface area contributed by atoms with Crippen molar-refractivity contribution < 1.29 is 9.84 Å². The summed E-state index contributed by atoms with van der Waals surface area (Å²) in [5.74, 6) is 1.27. The number of benzene rings is 2. The molecule has 25 heavy (non-hydrogen) atoms. The van der Waals surface area contributed by atoms with E-state index in [1.54, 1.807) is 19.6 Å². The van der Waals surface area contributed by atoms with Gasteiger partial charge in [-0.3, -0.25) is 0 Å². The van der Waals surface area contributed by atoms with Crippen LogP contribution in [0.3, 0.4) is 0 Å². The van der Waals surface area contributed by atoms with Gasteiger partial charge in [0, 0.05) is 28.4 Å². The zero-order valence-electron chi connectivity index (χ0n) is 13.9. The molecule has 2 aromatic heterocycles. The normalized spacial score (nSPS) is 11.2. The molecular weight excluding hydrogens is 318 g/mol. The van der Waals surface area contributed by atoms with E-state index in [1.807, 2.05) is 31.2 Å². The van der Waals surface area contributed by atoms with Crippen LogP contribution in [0.1, 0.15) is 11.1 Å². The number of fused-ring (bicyclic) bond motifs is 2. The first-order valence-corrected chi connectivity index (χ1v) is 7.84. The molecule has 2 aromatic carbocycles. The van der Waals surface area contributed by atoms with Gasteiger partial charge in [0.05, 0.1) is 36.6 Å². The molecule has 0 radical (unpaired) electrons. The predicted octanol–water partition coefficient (Wildman–Crippen LogP) is 3.06. The van der Waals surface area contributed by atoms with Gasteiger partial charge < -0.3 is 20.1 Å². The SMILES string of the molecule is COc1ccc2cnc(Nc3cc(CO)c4nc[nH]c4c3)nc2c1C. The maximum Gasteiger partial charge on any atom is 0.227 e. The highest BCUT2D eigenvalue weighted by atomic mass is 16.5. The first kappa shape index (κ1) is 15.3. The third kappa shape index (κ3) is 2.64. The third-order valence-electron chi connectivity index (χ3n) is 4.21. The minimum atomic E-state index is -0.0915. The summed E-state index contributed by atoms with van der Waals surface area (Å²) in [7, 11) is 1.64. The van der Waals surface area contributed by atoms with Crippen molar-refractivity contribution in [1.82, 2.24) is 19.9 Å². The first-order valence-electron chi connectivity index (χ1n) is 7.84. The number of anilines is 2. The summed E-state index contributed by atoms with van der Waals surface area (Å²) >= 11 is 0. The number of aromatic amines is 1. The molecule has 0 bridgehead atoms. The number of aromatic nitrogens is 4. The summed E-state index contributed by atoms with van der Waals surface area (Å²) < 4.78 is 5.36. The van der Waals surface area contributed by atoms with Gasteiger partial charge in [0.2, 0.25) is 5.95 Å². The largest absolute Gasteiger partial charge is 0.496 e. The van der Waals surface area contributed by atoms with Crippen LogP contribution >= 0.6 is 0 Å². The van der Waals surface area contributed by atoms with E-state index < -0.39 is 0 Å². The van der Waals surface area contributed by atoms with E-state index >= 15 is 0 Å². The zero-order valence-corrected chi connectivity index (χ0v) is 13.9. The quantitative estimate of drug-likeness (QED) is 0.530. The molecule has 0 amide bonds. The monoisotopic (exact) mass is 335 g/mol. The molecule has 7 nitrogen and oxygen atoms in total. The highest BCUT2D eigenvalue weighted by Crippen LogP contribution is 2.27. The molecule has 0 saturated heterocycles. The lowest BCUT2D eigenvalue weighted by atomic mass is 10.1. The molecule has 0 aliphatic carbocycles. The summed E-state index contributed by atoms with van der Waals surface area (Å²) in [6, 6.07) is 7.60. The number of nitrogens with zero attached hydrogens (tertiary/aromatic N) is 3. The summed E-state index contributed by atoms with van der Waals surface area (Å²) in [6.07, 6.45) is 3.38. The van der Waals surface area contributed by atoms with Gasteiger partial charge in [0.25, 0.3) is 0 Å². The van der Waals surface area contributed by atoms with Gasteiger partial charge >= 0.3 is 0 Å². The number of nitrogens with one attached hydrogen (secondary N) is 2. The van der Waals surface area contributed by atoms with Crippen LogP contribution < -0.4 is 10.1 Å². The first-order chi connectivity index (χ1) is 12.2. The molecule has 4 rings (SSSR count). The minimum Gasteiger partial charge on any atom is -0.496 e. The van der Waals surface area contributed by atoms with Crippen molar-refractivity contribution in [1.29, 1.82) is 0 Å². The number of rotatable bonds is 4. The van der Waals surface area contributed by atoms with E-state index in [9.17, 15) is 5.11 Å². The Bertz CT molecular complexity index is 1070. The van der Waals surface area contributed by atoms with Gasteiger partial charge in [-0.25, -0.2) is 15.0 Å². The number of hydrogen-bond acceptors (Lipinski definition) is 6. The highest BCUT2D eigenvalue weighted by Gasteiger charge is 2.10.